The summed E-state index contributed by atoms with van der Waals surface area (Å²) in [5.74, 6) is -1.27. The van der Waals surface area contributed by atoms with Crippen molar-refractivity contribution in [2.75, 3.05) is 11.9 Å². The van der Waals surface area contributed by atoms with Gasteiger partial charge in [0, 0.05) is 0 Å². The summed E-state index contributed by atoms with van der Waals surface area (Å²) in [7, 11) is 0. The molecule has 5 nitrogen and oxygen atoms in total. The SMILES string of the molecule is CCNc1cc[c]([Hg][O]C(C)=O)cc1C(=O)O. The first kappa shape index (κ1) is 14.0. The fraction of sp³-hybridized carbons (Fsp3) is 0.273. The number of nitrogens with one attached hydrogen (secondary N) is 1. The summed E-state index contributed by atoms with van der Waals surface area (Å²) in [4.78, 5) is 21.8. The third-order valence-corrected chi connectivity index (χ3v) is 7.27. The molecule has 1 rings (SSSR count). The van der Waals surface area contributed by atoms with Crippen LogP contribution in [0.1, 0.15) is 24.2 Å². The Hall–Kier alpha value is -1.10. The van der Waals surface area contributed by atoms with Gasteiger partial charge in [-0.25, -0.2) is 0 Å². The molecule has 2 N–H and O–H groups in total. The molecule has 88 valence electrons. The van der Waals surface area contributed by atoms with Crippen molar-refractivity contribution in [1.82, 2.24) is 0 Å². The maximum atomic E-state index is 11.1. The second-order valence-electron chi connectivity index (χ2n) is 3.50. The van der Waals surface area contributed by atoms with Crippen LogP contribution in [0, 0.1) is 0 Å². The molecule has 0 saturated heterocycles. The van der Waals surface area contributed by atoms with E-state index in [1.165, 1.54) is 6.92 Å². The van der Waals surface area contributed by atoms with Crippen LogP contribution in [0.3, 0.4) is 0 Å². The minimum absolute atomic E-state index is 0.233. The third kappa shape index (κ3) is 4.34. The summed E-state index contributed by atoms with van der Waals surface area (Å²) in [6.45, 7) is 3.93. The Kier molecular flexibility index (Phi) is 5.41. The molecule has 0 aliphatic rings. The first-order chi connectivity index (χ1) is 8.04. The second kappa shape index (κ2) is 6.59. The van der Waals surface area contributed by atoms with E-state index in [1.807, 2.05) is 13.0 Å². The molecule has 0 amide bonds. The summed E-state index contributed by atoms with van der Waals surface area (Å²) in [5, 5.41) is 12.1. The van der Waals surface area contributed by atoms with Gasteiger partial charge < -0.3 is 0 Å². The van der Waals surface area contributed by atoms with Crippen LogP contribution in [0.25, 0.3) is 0 Å². The molecule has 0 aliphatic carbocycles. The number of hydrogen-bond donors (Lipinski definition) is 2. The molecule has 0 bridgehead atoms. The van der Waals surface area contributed by atoms with Crippen LogP contribution in [0.4, 0.5) is 5.69 Å². The number of benzene rings is 1. The van der Waals surface area contributed by atoms with Gasteiger partial charge in [0.25, 0.3) is 0 Å². The number of carbonyl (C=O) groups excluding carboxylic acids is 1. The minimum atomic E-state index is -1.94. The third-order valence-electron chi connectivity index (χ3n) is 2.12. The van der Waals surface area contributed by atoms with Gasteiger partial charge in [-0.3, -0.25) is 0 Å². The van der Waals surface area contributed by atoms with E-state index >= 15 is 0 Å². The zero-order valence-electron chi connectivity index (χ0n) is 9.82. The van der Waals surface area contributed by atoms with Crippen molar-refractivity contribution < 1.29 is 42.4 Å². The van der Waals surface area contributed by atoms with Crippen LogP contribution in [0.2, 0.25) is 0 Å². The molecule has 17 heavy (non-hydrogen) atoms. The van der Waals surface area contributed by atoms with Crippen molar-refractivity contribution in [2.24, 2.45) is 0 Å². The Morgan fingerprint density at radius 2 is 2.18 bits per heavy atom. The molecule has 1 aromatic carbocycles. The maximum absolute atomic E-state index is 11.1. The summed E-state index contributed by atoms with van der Waals surface area (Å²) in [6.07, 6.45) is 0. The molecule has 0 unspecified atom stereocenters. The molecule has 1 aromatic rings. The molecule has 0 spiro atoms. The number of carboxylic acids is 1. The fourth-order valence-electron chi connectivity index (χ4n) is 1.39. The zero-order valence-corrected chi connectivity index (χ0v) is 15.3. The van der Waals surface area contributed by atoms with Crippen molar-refractivity contribution >= 4 is 20.7 Å². The molecule has 0 atom stereocenters. The summed E-state index contributed by atoms with van der Waals surface area (Å²) in [5.41, 5.74) is 0.830. The molecular weight excluding hydrogens is 411 g/mol. The fourth-order valence-corrected chi connectivity index (χ4v) is 4.78. The van der Waals surface area contributed by atoms with Gasteiger partial charge in [0.1, 0.15) is 0 Å². The first-order valence-electron chi connectivity index (χ1n) is 5.28. The van der Waals surface area contributed by atoms with Crippen LogP contribution >= 0.6 is 0 Å². The van der Waals surface area contributed by atoms with Crippen molar-refractivity contribution in [3.63, 3.8) is 0 Å². The summed E-state index contributed by atoms with van der Waals surface area (Å²) >= 11 is -1.94. The van der Waals surface area contributed by atoms with Gasteiger partial charge in [-0.2, -0.15) is 0 Å². The first-order valence-corrected chi connectivity index (χ1v) is 10.3. The average Bonchev–Trinajstić information content (AvgIpc) is 2.27. The Labute approximate surface area is 112 Å². The van der Waals surface area contributed by atoms with Crippen molar-refractivity contribution in [2.45, 2.75) is 13.8 Å². The normalized spacial score (nSPS) is 9.29. The van der Waals surface area contributed by atoms with E-state index in [0.717, 1.165) is 3.07 Å². The van der Waals surface area contributed by atoms with Crippen molar-refractivity contribution in [3.8, 4) is 0 Å². The van der Waals surface area contributed by atoms with Crippen molar-refractivity contribution in [1.29, 1.82) is 0 Å². The molecule has 0 fully saturated rings. The van der Waals surface area contributed by atoms with E-state index in [2.05, 4.69) is 5.32 Å². The van der Waals surface area contributed by atoms with Crippen LogP contribution in [0.15, 0.2) is 18.2 Å². The van der Waals surface area contributed by atoms with Gasteiger partial charge in [-0.15, -0.1) is 0 Å². The van der Waals surface area contributed by atoms with Gasteiger partial charge >= 0.3 is 113 Å². The van der Waals surface area contributed by atoms with E-state index in [0.29, 0.717) is 12.2 Å². The van der Waals surface area contributed by atoms with E-state index in [1.54, 1.807) is 12.1 Å². The second-order valence-corrected chi connectivity index (χ2v) is 8.91. The number of aromatic carboxylic acids is 1. The molecule has 0 saturated carbocycles. The van der Waals surface area contributed by atoms with Gasteiger partial charge in [0.2, 0.25) is 0 Å². The summed E-state index contributed by atoms with van der Waals surface area (Å²) < 4.78 is 5.91. The van der Waals surface area contributed by atoms with E-state index in [4.69, 9.17) is 7.75 Å². The summed E-state index contributed by atoms with van der Waals surface area (Å²) in [6, 6.07) is 5.16. The van der Waals surface area contributed by atoms with Gasteiger partial charge in [-0.1, -0.05) is 0 Å². The van der Waals surface area contributed by atoms with Gasteiger partial charge in [-0.05, 0) is 0 Å². The molecule has 0 heterocycles. The Morgan fingerprint density at radius 1 is 1.47 bits per heavy atom. The number of hydrogen-bond acceptors (Lipinski definition) is 4. The number of carboxylic acid groups (broad SMARTS) is 1. The zero-order chi connectivity index (χ0) is 12.8. The van der Waals surface area contributed by atoms with Crippen LogP contribution in [-0.4, -0.2) is 23.6 Å². The monoisotopic (exact) mass is 425 g/mol. The van der Waals surface area contributed by atoms with Crippen LogP contribution in [0.5, 0.6) is 0 Å². The van der Waals surface area contributed by atoms with E-state index in [-0.39, 0.29) is 11.5 Å². The topological polar surface area (TPSA) is 75.6 Å². The number of anilines is 1. The molecule has 0 radical (unpaired) electrons. The Balaban J connectivity index is 2.92. The quantitative estimate of drug-likeness (QED) is 0.691. The van der Waals surface area contributed by atoms with Crippen LogP contribution in [-0.2, 0) is 32.5 Å². The van der Waals surface area contributed by atoms with E-state index < -0.39 is 31.0 Å². The molecule has 6 heteroatoms. The molecule has 0 aliphatic heterocycles. The van der Waals surface area contributed by atoms with E-state index in [9.17, 15) is 9.59 Å². The van der Waals surface area contributed by atoms with Gasteiger partial charge in [0.05, 0.1) is 0 Å². The molecular formula is C11H13HgNO4. The van der Waals surface area contributed by atoms with Gasteiger partial charge in [0.15, 0.2) is 0 Å². The van der Waals surface area contributed by atoms with Crippen LogP contribution < -0.4 is 8.39 Å². The Bertz CT molecular complexity index is 433. The number of rotatable bonds is 5. The standard InChI is InChI=1S/C9H10NO2.C2H4O2.Hg/c1-2-10-8-6-4-3-5-7(8)9(11)12;1-2(3)4;/h4-6,10H,2H2,1H3,(H,11,12);1H3,(H,3,4);/q;;+1/p-1. The van der Waals surface area contributed by atoms with Crippen molar-refractivity contribution in [3.05, 3.63) is 23.8 Å². The predicted octanol–water partition coefficient (Wildman–Crippen LogP) is 1.00. The molecule has 0 aromatic heterocycles. The predicted molar refractivity (Wildman–Crippen MR) is 59.0 cm³/mol. The number of carbonyl (C=O) groups is 2. The Morgan fingerprint density at radius 3 is 2.71 bits per heavy atom. The average molecular weight is 424 g/mol.